The van der Waals surface area contributed by atoms with E-state index in [1.54, 1.807) is 38.4 Å². The first-order chi connectivity index (χ1) is 8.60. The van der Waals surface area contributed by atoms with Crippen LogP contribution in [0.25, 0.3) is 0 Å². The van der Waals surface area contributed by atoms with Gasteiger partial charge in [-0.05, 0) is 24.3 Å². The number of hydrogen-bond donors (Lipinski definition) is 1. The SMILES string of the molecule is COc1ccc(OC(=O)c2cc(N)n(C)n2)cc1. The third kappa shape index (κ3) is 2.42. The molecule has 2 rings (SSSR count). The molecule has 6 nitrogen and oxygen atoms in total. The summed E-state index contributed by atoms with van der Waals surface area (Å²) in [6.07, 6.45) is 0. The molecule has 0 bridgehead atoms. The summed E-state index contributed by atoms with van der Waals surface area (Å²) in [4.78, 5) is 11.7. The number of esters is 1. The predicted molar refractivity (Wildman–Crippen MR) is 65.6 cm³/mol. The molecule has 0 aliphatic rings. The fourth-order valence-electron chi connectivity index (χ4n) is 1.38. The molecule has 0 unspecified atom stereocenters. The Kier molecular flexibility index (Phi) is 3.18. The second-order valence-electron chi connectivity index (χ2n) is 3.64. The van der Waals surface area contributed by atoms with Crippen LogP contribution in [-0.2, 0) is 7.05 Å². The second kappa shape index (κ2) is 4.79. The summed E-state index contributed by atoms with van der Waals surface area (Å²) in [7, 11) is 3.22. The Hall–Kier alpha value is -2.50. The van der Waals surface area contributed by atoms with E-state index in [4.69, 9.17) is 15.2 Å². The third-order valence-electron chi connectivity index (χ3n) is 2.40. The Morgan fingerprint density at radius 2 is 1.89 bits per heavy atom. The highest BCUT2D eigenvalue weighted by Crippen LogP contribution is 2.18. The van der Waals surface area contributed by atoms with Crippen molar-refractivity contribution in [1.29, 1.82) is 0 Å². The van der Waals surface area contributed by atoms with Gasteiger partial charge >= 0.3 is 5.97 Å². The molecule has 1 aromatic carbocycles. The number of ether oxygens (including phenoxy) is 2. The van der Waals surface area contributed by atoms with Crippen LogP contribution in [0.2, 0.25) is 0 Å². The number of hydrogen-bond acceptors (Lipinski definition) is 5. The van der Waals surface area contributed by atoms with Crippen molar-refractivity contribution in [3.05, 3.63) is 36.0 Å². The maximum atomic E-state index is 11.7. The zero-order chi connectivity index (χ0) is 13.1. The Bertz CT molecular complexity index is 541. The number of methoxy groups -OCH3 is 1. The summed E-state index contributed by atoms with van der Waals surface area (Å²) in [5.41, 5.74) is 5.76. The Morgan fingerprint density at radius 3 is 2.39 bits per heavy atom. The second-order valence-corrected chi connectivity index (χ2v) is 3.64. The van der Waals surface area contributed by atoms with Crippen LogP contribution in [-0.4, -0.2) is 22.9 Å². The lowest BCUT2D eigenvalue weighted by Crippen LogP contribution is -2.09. The summed E-state index contributed by atoms with van der Waals surface area (Å²) >= 11 is 0. The van der Waals surface area contributed by atoms with Crippen molar-refractivity contribution in [2.24, 2.45) is 7.05 Å². The van der Waals surface area contributed by atoms with Crippen LogP contribution in [0.15, 0.2) is 30.3 Å². The van der Waals surface area contributed by atoms with Gasteiger partial charge in [0.25, 0.3) is 0 Å². The summed E-state index contributed by atoms with van der Waals surface area (Å²) < 4.78 is 11.6. The van der Waals surface area contributed by atoms with E-state index >= 15 is 0 Å². The zero-order valence-electron chi connectivity index (χ0n) is 10.1. The molecular weight excluding hydrogens is 234 g/mol. The van der Waals surface area contributed by atoms with Crippen molar-refractivity contribution in [2.45, 2.75) is 0 Å². The van der Waals surface area contributed by atoms with Gasteiger partial charge in [-0.25, -0.2) is 4.79 Å². The van der Waals surface area contributed by atoms with Crippen LogP contribution in [0.1, 0.15) is 10.5 Å². The molecule has 0 saturated heterocycles. The van der Waals surface area contributed by atoms with E-state index in [0.717, 1.165) is 0 Å². The van der Waals surface area contributed by atoms with Crippen molar-refractivity contribution in [2.75, 3.05) is 12.8 Å². The molecule has 2 N–H and O–H groups in total. The quantitative estimate of drug-likeness (QED) is 0.651. The molecule has 0 radical (unpaired) electrons. The summed E-state index contributed by atoms with van der Waals surface area (Å²) in [5, 5.41) is 3.93. The van der Waals surface area contributed by atoms with Crippen molar-refractivity contribution >= 4 is 11.8 Å². The van der Waals surface area contributed by atoms with E-state index < -0.39 is 5.97 Å². The third-order valence-corrected chi connectivity index (χ3v) is 2.40. The van der Waals surface area contributed by atoms with Gasteiger partial charge in [0.05, 0.1) is 7.11 Å². The minimum Gasteiger partial charge on any atom is -0.497 e. The predicted octanol–water partition coefficient (Wildman–Crippen LogP) is 1.23. The number of nitrogens with two attached hydrogens (primary N) is 1. The van der Waals surface area contributed by atoms with Crippen LogP contribution in [0.3, 0.4) is 0 Å². The Labute approximate surface area is 104 Å². The van der Waals surface area contributed by atoms with Crippen LogP contribution in [0, 0.1) is 0 Å². The van der Waals surface area contributed by atoms with Crippen LogP contribution in [0.4, 0.5) is 5.82 Å². The molecule has 6 heteroatoms. The standard InChI is InChI=1S/C12H13N3O3/c1-15-11(13)7-10(14-15)12(16)18-9-5-3-8(17-2)4-6-9/h3-7H,13H2,1-2H3. The van der Waals surface area contributed by atoms with Crippen molar-refractivity contribution in [3.8, 4) is 11.5 Å². The monoisotopic (exact) mass is 247 g/mol. The number of benzene rings is 1. The van der Waals surface area contributed by atoms with Crippen molar-refractivity contribution < 1.29 is 14.3 Å². The molecular formula is C12H13N3O3. The fourth-order valence-corrected chi connectivity index (χ4v) is 1.38. The maximum Gasteiger partial charge on any atom is 0.364 e. The minimum absolute atomic E-state index is 0.172. The molecule has 0 fully saturated rings. The highest BCUT2D eigenvalue weighted by Gasteiger charge is 2.13. The van der Waals surface area contributed by atoms with Crippen molar-refractivity contribution in [3.63, 3.8) is 0 Å². The van der Waals surface area contributed by atoms with Gasteiger partial charge in [0, 0.05) is 13.1 Å². The number of nitrogen functional groups attached to an aromatic ring is 1. The first kappa shape index (κ1) is 12.0. The Morgan fingerprint density at radius 1 is 1.28 bits per heavy atom. The summed E-state index contributed by atoms with van der Waals surface area (Å²) in [6.45, 7) is 0. The molecule has 0 spiro atoms. The molecule has 0 aliphatic heterocycles. The van der Waals surface area contributed by atoms with Crippen LogP contribution < -0.4 is 15.2 Å². The molecule has 94 valence electrons. The largest absolute Gasteiger partial charge is 0.497 e. The highest BCUT2D eigenvalue weighted by atomic mass is 16.5. The highest BCUT2D eigenvalue weighted by molar-refractivity contribution is 5.89. The van der Waals surface area contributed by atoms with Gasteiger partial charge in [-0.2, -0.15) is 5.10 Å². The van der Waals surface area contributed by atoms with Crippen LogP contribution in [0.5, 0.6) is 11.5 Å². The van der Waals surface area contributed by atoms with Gasteiger partial charge in [0.1, 0.15) is 17.3 Å². The number of aromatic nitrogens is 2. The van der Waals surface area contributed by atoms with E-state index in [-0.39, 0.29) is 5.69 Å². The first-order valence-corrected chi connectivity index (χ1v) is 5.26. The number of rotatable bonds is 3. The lowest BCUT2D eigenvalue weighted by Gasteiger charge is -2.03. The van der Waals surface area contributed by atoms with E-state index in [0.29, 0.717) is 17.3 Å². The summed E-state index contributed by atoms with van der Waals surface area (Å²) in [5.74, 6) is 0.964. The Balaban J connectivity index is 2.10. The number of carbonyl (C=O) groups excluding carboxylic acids is 1. The van der Waals surface area contributed by atoms with Gasteiger partial charge in [0.15, 0.2) is 5.69 Å². The number of nitrogens with zero attached hydrogens (tertiary/aromatic N) is 2. The summed E-state index contributed by atoms with van der Waals surface area (Å²) in [6, 6.07) is 8.16. The molecule has 0 atom stereocenters. The lowest BCUT2D eigenvalue weighted by molar-refractivity contribution is 0.0727. The van der Waals surface area contributed by atoms with Gasteiger partial charge in [0.2, 0.25) is 0 Å². The van der Waals surface area contributed by atoms with Gasteiger partial charge in [-0.3, -0.25) is 4.68 Å². The van der Waals surface area contributed by atoms with Crippen molar-refractivity contribution in [1.82, 2.24) is 9.78 Å². The average Bonchev–Trinajstić information content (AvgIpc) is 2.71. The average molecular weight is 247 g/mol. The number of aryl methyl sites for hydroxylation is 1. The lowest BCUT2D eigenvalue weighted by atomic mass is 10.3. The molecule has 1 heterocycles. The molecule has 0 saturated carbocycles. The molecule has 0 aliphatic carbocycles. The fraction of sp³-hybridized carbons (Fsp3) is 0.167. The first-order valence-electron chi connectivity index (χ1n) is 5.26. The molecule has 2 aromatic rings. The van der Waals surface area contributed by atoms with Gasteiger partial charge in [-0.15, -0.1) is 0 Å². The molecule has 0 amide bonds. The normalized spacial score (nSPS) is 10.1. The zero-order valence-corrected chi connectivity index (χ0v) is 10.1. The number of anilines is 1. The maximum absolute atomic E-state index is 11.7. The van der Waals surface area contributed by atoms with E-state index in [2.05, 4.69) is 5.10 Å². The van der Waals surface area contributed by atoms with Gasteiger partial charge in [-0.1, -0.05) is 0 Å². The minimum atomic E-state index is -0.549. The smallest absolute Gasteiger partial charge is 0.364 e. The van der Waals surface area contributed by atoms with E-state index in [1.165, 1.54) is 10.7 Å². The molecule has 1 aromatic heterocycles. The number of carbonyl (C=O) groups is 1. The molecule has 18 heavy (non-hydrogen) atoms. The van der Waals surface area contributed by atoms with Crippen LogP contribution >= 0.6 is 0 Å². The topological polar surface area (TPSA) is 79.4 Å². The van der Waals surface area contributed by atoms with E-state index in [9.17, 15) is 4.79 Å². The van der Waals surface area contributed by atoms with E-state index in [1.807, 2.05) is 0 Å². The van der Waals surface area contributed by atoms with Gasteiger partial charge < -0.3 is 15.2 Å².